The first kappa shape index (κ1) is 15.3. The number of nitrogens with zero attached hydrogens (tertiary/aromatic N) is 1. The molecule has 2 rings (SSSR count). The normalized spacial score (nSPS) is 10.4. The van der Waals surface area contributed by atoms with E-state index in [0.717, 1.165) is 5.56 Å². The molecular formula is C16H16ClFN2O. The van der Waals surface area contributed by atoms with E-state index in [9.17, 15) is 9.18 Å². The maximum absolute atomic E-state index is 13.8. The Hall–Kier alpha value is -2.07. The predicted molar refractivity (Wildman–Crippen MR) is 82.7 cm³/mol. The van der Waals surface area contributed by atoms with E-state index in [1.54, 1.807) is 12.1 Å². The Balaban J connectivity index is 2.27. The number of nitrogens with two attached hydrogens (primary N) is 1. The summed E-state index contributed by atoms with van der Waals surface area (Å²) in [5.74, 6) is -1.04. The first-order valence-electron chi connectivity index (χ1n) is 6.60. The number of amides is 1. The van der Waals surface area contributed by atoms with Gasteiger partial charge in [-0.25, -0.2) is 4.39 Å². The molecule has 0 saturated carbocycles. The summed E-state index contributed by atoms with van der Waals surface area (Å²) < 4.78 is 13.8. The van der Waals surface area contributed by atoms with E-state index in [-0.39, 0.29) is 10.6 Å². The molecule has 0 bridgehead atoms. The second-order valence-corrected chi connectivity index (χ2v) is 5.07. The molecule has 0 heterocycles. The van der Waals surface area contributed by atoms with E-state index in [0.29, 0.717) is 18.8 Å². The molecule has 5 heteroatoms. The molecule has 0 spiro atoms. The van der Waals surface area contributed by atoms with Crippen molar-refractivity contribution in [3.05, 3.63) is 64.4 Å². The molecule has 0 fully saturated rings. The number of hydrogen-bond donors (Lipinski definition) is 1. The summed E-state index contributed by atoms with van der Waals surface area (Å²) >= 11 is 5.95. The van der Waals surface area contributed by atoms with Crippen LogP contribution in [0, 0.1) is 5.82 Å². The number of anilines is 1. The third kappa shape index (κ3) is 3.52. The molecule has 2 aromatic carbocycles. The van der Waals surface area contributed by atoms with Gasteiger partial charge in [0.05, 0.1) is 10.6 Å². The minimum absolute atomic E-state index is 0.0927. The maximum atomic E-state index is 13.8. The van der Waals surface area contributed by atoms with Crippen LogP contribution in [0.3, 0.4) is 0 Å². The van der Waals surface area contributed by atoms with Crippen molar-refractivity contribution >= 4 is 23.2 Å². The van der Waals surface area contributed by atoms with Gasteiger partial charge in [-0.1, -0.05) is 29.8 Å². The SMILES string of the molecule is CCN(Cc1cccc(N)c1)C(=O)c1c(F)cccc1Cl. The van der Waals surface area contributed by atoms with Gasteiger partial charge < -0.3 is 10.6 Å². The molecule has 0 saturated heterocycles. The highest BCUT2D eigenvalue weighted by atomic mass is 35.5. The Kier molecular flexibility index (Phi) is 4.81. The van der Waals surface area contributed by atoms with Gasteiger partial charge in [-0.2, -0.15) is 0 Å². The Morgan fingerprint density at radius 1 is 1.29 bits per heavy atom. The van der Waals surface area contributed by atoms with Gasteiger partial charge in [-0.3, -0.25) is 4.79 Å². The van der Waals surface area contributed by atoms with E-state index in [2.05, 4.69) is 0 Å². The number of benzene rings is 2. The van der Waals surface area contributed by atoms with Crippen LogP contribution >= 0.6 is 11.6 Å². The van der Waals surface area contributed by atoms with Crippen molar-refractivity contribution in [1.29, 1.82) is 0 Å². The highest BCUT2D eigenvalue weighted by Crippen LogP contribution is 2.22. The van der Waals surface area contributed by atoms with Gasteiger partial charge in [-0.15, -0.1) is 0 Å². The highest BCUT2D eigenvalue weighted by Gasteiger charge is 2.21. The van der Waals surface area contributed by atoms with Crippen molar-refractivity contribution in [2.24, 2.45) is 0 Å². The molecule has 21 heavy (non-hydrogen) atoms. The molecule has 0 radical (unpaired) electrons. The van der Waals surface area contributed by atoms with Crippen molar-refractivity contribution in [2.45, 2.75) is 13.5 Å². The molecule has 2 aromatic rings. The van der Waals surface area contributed by atoms with Crippen molar-refractivity contribution in [3.63, 3.8) is 0 Å². The minimum atomic E-state index is -0.612. The third-order valence-electron chi connectivity index (χ3n) is 3.17. The zero-order valence-corrected chi connectivity index (χ0v) is 12.4. The fourth-order valence-electron chi connectivity index (χ4n) is 2.10. The van der Waals surface area contributed by atoms with Crippen molar-refractivity contribution < 1.29 is 9.18 Å². The van der Waals surface area contributed by atoms with Gasteiger partial charge in [0.1, 0.15) is 5.82 Å². The van der Waals surface area contributed by atoms with Gasteiger partial charge >= 0.3 is 0 Å². The molecule has 0 aliphatic heterocycles. The summed E-state index contributed by atoms with van der Waals surface area (Å²) in [4.78, 5) is 14.0. The van der Waals surface area contributed by atoms with Crippen LogP contribution in [0.2, 0.25) is 5.02 Å². The second-order valence-electron chi connectivity index (χ2n) is 4.66. The van der Waals surface area contributed by atoms with Gasteiger partial charge in [0.15, 0.2) is 0 Å². The maximum Gasteiger partial charge on any atom is 0.258 e. The summed E-state index contributed by atoms with van der Waals surface area (Å²) in [6, 6.07) is 11.5. The molecule has 0 aromatic heterocycles. The summed E-state index contributed by atoms with van der Waals surface area (Å²) in [6.45, 7) is 2.63. The largest absolute Gasteiger partial charge is 0.399 e. The zero-order chi connectivity index (χ0) is 15.4. The number of halogens is 2. The molecule has 0 unspecified atom stereocenters. The number of hydrogen-bond acceptors (Lipinski definition) is 2. The van der Waals surface area contributed by atoms with Crippen LogP contribution in [-0.2, 0) is 6.54 Å². The molecule has 1 amide bonds. The lowest BCUT2D eigenvalue weighted by atomic mass is 10.1. The standard InChI is InChI=1S/C16H16ClFN2O/c1-2-20(10-11-5-3-6-12(19)9-11)16(21)15-13(17)7-4-8-14(15)18/h3-9H,2,10,19H2,1H3. The van der Waals surface area contributed by atoms with E-state index >= 15 is 0 Å². The smallest absolute Gasteiger partial charge is 0.258 e. The van der Waals surface area contributed by atoms with Gasteiger partial charge in [0, 0.05) is 18.8 Å². The van der Waals surface area contributed by atoms with Gasteiger partial charge in [0.25, 0.3) is 5.91 Å². The summed E-state index contributed by atoms with van der Waals surface area (Å²) in [5, 5.41) is 0.117. The fraction of sp³-hybridized carbons (Fsp3) is 0.188. The summed E-state index contributed by atoms with van der Waals surface area (Å²) in [6.07, 6.45) is 0. The van der Waals surface area contributed by atoms with Crippen LogP contribution in [0.1, 0.15) is 22.8 Å². The summed E-state index contributed by atoms with van der Waals surface area (Å²) in [7, 11) is 0. The Morgan fingerprint density at radius 3 is 2.62 bits per heavy atom. The van der Waals surface area contributed by atoms with Crippen molar-refractivity contribution in [2.75, 3.05) is 12.3 Å². The second kappa shape index (κ2) is 6.59. The highest BCUT2D eigenvalue weighted by molar-refractivity contribution is 6.33. The van der Waals surface area contributed by atoms with Crippen molar-refractivity contribution in [3.8, 4) is 0 Å². The minimum Gasteiger partial charge on any atom is -0.399 e. The number of rotatable bonds is 4. The van der Waals surface area contributed by atoms with E-state index in [4.69, 9.17) is 17.3 Å². The van der Waals surface area contributed by atoms with Crippen LogP contribution in [0.15, 0.2) is 42.5 Å². The molecule has 110 valence electrons. The fourth-order valence-corrected chi connectivity index (χ4v) is 2.34. The predicted octanol–water partition coefficient (Wildman–Crippen LogP) is 3.72. The Bertz CT molecular complexity index is 640. The average Bonchev–Trinajstić information content (AvgIpc) is 2.44. The molecule has 3 nitrogen and oxygen atoms in total. The number of nitrogen functional groups attached to an aromatic ring is 1. The van der Waals surface area contributed by atoms with Gasteiger partial charge in [0.2, 0.25) is 0 Å². The molecular weight excluding hydrogens is 291 g/mol. The lowest BCUT2D eigenvalue weighted by Gasteiger charge is -2.22. The van der Waals surface area contributed by atoms with E-state index in [1.165, 1.54) is 23.1 Å². The molecule has 0 aliphatic carbocycles. The van der Waals surface area contributed by atoms with Gasteiger partial charge in [-0.05, 0) is 36.8 Å². The lowest BCUT2D eigenvalue weighted by molar-refractivity contribution is 0.0748. The number of carbonyl (C=O) groups excluding carboxylic acids is 1. The summed E-state index contributed by atoms with van der Waals surface area (Å²) in [5.41, 5.74) is 7.15. The number of carbonyl (C=O) groups is 1. The van der Waals surface area contributed by atoms with Crippen LogP contribution in [-0.4, -0.2) is 17.4 Å². The van der Waals surface area contributed by atoms with E-state index in [1.807, 2.05) is 19.1 Å². The third-order valence-corrected chi connectivity index (χ3v) is 3.49. The molecule has 0 aliphatic rings. The van der Waals surface area contributed by atoms with E-state index < -0.39 is 11.7 Å². The first-order chi connectivity index (χ1) is 10.0. The lowest BCUT2D eigenvalue weighted by Crippen LogP contribution is -2.31. The molecule has 0 atom stereocenters. The topological polar surface area (TPSA) is 46.3 Å². The van der Waals surface area contributed by atoms with Crippen molar-refractivity contribution in [1.82, 2.24) is 4.90 Å². The average molecular weight is 307 g/mol. The van der Waals surface area contributed by atoms with Crippen LogP contribution < -0.4 is 5.73 Å². The molecule has 2 N–H and O–H groups in total. The van der Waals surface area contributed by atoms with Crippen LogP contribution in [0.25, 0.3) is 0 Å². The Morgan fingerprint density at radius 2 is 2.00 bits per heavy atom. The first-order valence-corrected chi connectivity index (χ1v) is 6.98. The monoisotopic (exact) mass is 306 g/mol. The quantitative estimate of drug-likeness (QED) is 0.875. The van der Waals surface area contributed by atoms with Crippen LogP contribution in [0.5, 0.6) is 0 Å². The van der Waals surface area contributed by atoms with Crippen LogP contribution in [0.4, 0.5) is 10.1 Å². The zero-order valence-electron chi connectivity index (χ0n) is 11.6. The Labute approximate surface area is 128 Å².